The first-order valence-corrected chi connectivity index (χ1v) is 5.50. The molecule has 0 aliphatic carbocycles. The molecule has 0 spiro atoms. The van der Waals surface area contributed by atoms with E-state index in [1.54, 1.807) is 0 Å². The molecule has 5 heteroatoms. The highest BCUT2D eigenvalue weighted by atomic mass is 79.9. The zero-order valence-electron chi connectivity index (χ0n) is 8.57. The second-order valence-electron chi connectivity index (χ2n) is 3.46. The zero-order valence-corrected chi connectivity index (χ0v) is 10.2. The fourth-order valence-electron chi connectivity index (χ4n) is 1.54. The summed E-state index contributed by atoms with van der Waals surface area (Å²) in [4.78, 5) is 19.0. The molecular formula is C11H9BrN2O2. The SMILES string of the molecule is Cc1nc(CC(=O)O)nc2cc(Br)ccc12. The van der Waals surface area contributed by atoms with E-state index >= 15 is 0 Å². The molecule has 0 saturated carbocycles. The molecule has 0 amide bonds. The summed E-state index contributed by atoms with van der Waals surface area (Å²) in [6, 6.07) is 5.68. The molecule has 0 bridgehead atoms. The molecule has 16 heavy (non-hydrogen) atoms. The molecule has 0 radical (unpaired) electrons. The number of fused-ring (bicyclic) bond motifs is 1. The van der Waals surface area contributed by atoms with E-state index in [1.807, 2.05) is 25.1 Å². The van der Waals surface area contributed by atoms with Crippen LogP contribution in [0.25, 0.3) is 10.9 Å². The van der Waals surface area contributed by atoms with Crippen molar-refractivity contribution in [1.29, 1.82) is 0 Å². The summed E-state index contributed by atoms with van der Waals surface area (Å²) in [7, 11) is 0. The van der Waals surface area contributed by atoms with Gasteiger partial charge < -0.3 is 5.11 Å². The maximum absolute atomic E-state index is 10.6. The number of hydrogen-bond donors (Lipinski definition) is 1. The summed E-state index contributed by atoms with van der Waals surface area (Å²) in [5.41, 5.74) is 1.56. The quantitative estimate of drug-likeness (QED) is 0.917. The molecule has 1 heterocycles. The van der Waals surface area contributed by atoms with Crippen molar-refractivity contribution >= 4 is 32.8 Å². The van der Waals surface area contributed by atoms with Gasteiger partial charge in [0.2, 0.25) is 0 Å². The Labute approximate surface area is 100 Å². The number of halogens is 1. The number of benzene rings is 1. The number of carboxylic acid groups (broad SMARTS) is 1. The van der Waals surface area contributed by atoms with E-state index in [2.05, 4.69) is 25.9 Å². The largest absolute Gasteiger partial charge is 0.481 e. The Morgan fingerprint density at radius 2 is 2.19 bits per heavy atom. The van der Waals surface area contributed by atoms with Crippen molar-refractivity contribution in [2.24, 2.45) is 0 Å². The first-order chi connectivity index (χ1) is 7.56. The number of carboxylic acids is 1. The highest BCUT2D eigenvalue weighted by Gasteiger charge is 2.08. The molecule has 1 N–H and O–H groups in total. The van der Waals surface area contributed by atoms with Gasteiger partial charge in [0.05, 0.1) is 5.52 Å². The normalized spacial score (nSPS) is 10.6. The summed E-state index contributed by atoms with van der Waals surface area (Å²) < 4.78 is 0.916. The Bertz CT molecular complexity index is 569. The second-order valence-corrected chi connectivity index (χ2v) is 4.37. The lowest BCUT2D eigenvalue weighted by Crippen LogP contribution is -2.06. The van der Waals surface area contributed by atoms with E-state index in [9.17, 15) is 4.79 Å². The van der Waals surface area contributed by atoms with Crippen molar-refractivity contribution in [3.8, 4) is 0 Å². The molecule has 2 aromatic rings. The third-order valence-corrected chi connectivity index (χ3v) is 2.70. The van der Waals surface area contributed by atoms with Crippen molar-refractivity contribution in [2.45, 2.75) is 13.3 Å². The number of hydrogen-bond acceptors (Lipinski definition) is 3. The highest BCUT2D eigenvalue weighted by molar-refractivity contribution is 9.10. The first-order valence-electron chi connectivity index (χ1n) is 4.71. The molecule has 0 atom stereocenters. The second kappa shape index (κ2) is 4.17. The van der Waals surface area contributed by atoms with Crippen LogP contribution in [0.2, 0.25) is 0 Å². The predicted molar refractivity (Wildman–Crippen MR) is 63.3 cm³/mol. The van der Waals surface area contributed by atoms with Crippen molar-refractivity contribution in [3.05, 3.63) is 34.2 Å². The van der Waals surface area contributed by atoms with E-state index in [0.29, 0.717) is 5.82 Å². The van der Waals surface area contributed by atoms with Crippen LogP contribution in [0.15, 0.2) is 22.7 Å². The topological polar surface area (TPSA) is 63.1 Å². The number of rotatable bonds is 2. The van der Waals surface area contributed by atoms with Gasteiger partial charge in [-0.3, -0.25) is 4.79 Å². The van der Waals surface area contributed by atoms with Gasteiger partial charge in [0.15, 0.2) is 0 Å². The smallest absolute Gasteiger partial charge is 0.311 e. The van der Waals surface area contributed by atoms with Crippen LogP contribution in [-0.4, -0.2) is 21.0 Å². The molecule has 0 saturated heterocycles. The highest BCUT2D eigenvalue weighted by Crippen LogP contribution is 2.20. The van der Waals surface area contributed by atoms with Gasteiger partial charge in [-0.2, -0.15) is 0 Å². The van der Waals surface area contributed by atoms with Gasteiger partial charge in [-0.15, -0.1) is 0 Å². The average molecular weight is 281 g/mol. The number of aromatic nitrogens is 2. The fraction of sp³-hybridized carbons (Fsp3) is 0.182. The van der Waals surface area contributed by atoms with Crippen molar-refractivity contribution in [3.63, 3.8) is 0 Å². The summed E-state index contributed by atoms with van der Waals surface area (Å²) in [6.45, 7) is 1.85. The molecule has 0 unspecified atom stereocenters. The van der Waals surface area contributed by atoms with E-state index in [1.165, 1.54) is 0 Å². The zero-order chi connectivity index (χ0) is 11.7. The van der Waals surface area contributed by atoms with Gasteiger partial charge >= 0.3 is 5.97 Å². The van der Waals surface area contributed by atoms with Gasteiger partial charge in [-0.05, 0) is 25.1 Å². The summed E-state index contributed by atoms with van der Waals surface area (Å²) in [5.74, 6) is -0.579. The average Bonchev–Trinajstić information content (AvgIpc) is 2.15. The minimum atomic E-state index is -0.922. The van der Waals surface area contributed by atoms with Gasteiger partial charge in [0, 0.05) is 15.6 Å². The monoisotopic (exact) mass is 280 g/mol. The van der Waals surface area contributed by atoms with Crippen LogP contribution in [0.3, 0.4) is 0 Å². The maximum atomic E-state index is 10.6. The van der Waals surface area contributed by atoms with Gasteiger partial charge in [-0.25, -0.2) is 9.97 Å². The Morgan fingerprint density at radius 1 is 1.44 bits per heavy atom. The van der Waals surface area contributed by atoms with E-state index in [-0.39, 0.29) is 6.42 Å². The molecule has 0 aliphatic heterocycles. The molecular weight excluding hydrogens is 272 g/mol. The minimum Gasteiger partial charge on any atom is -0.481 e. The van der Waals surface area contributed by atoms with E-state index in [0.717, 1.165) is 21.1 Å². The van der Waals surface area contributed by atoms with Crippen molar-refractivity contribution in [2.75, 3.05) is 0 Å². The Balaban J connectivity index is 2.60. The van der Waals surface area contributed by atoms with Crippen LogP contribution in [0.4, 0.5) is 0 Å². The number of carbonyl (C=O) groups is 1. The van der Waals surface area contributed by atoms with Crippen LogP contribution in [0.5, 0.6) is 0 Å². The number of aliphatic carboxylic acids is 1. The lowest BCUT2D eigenvalue weighted by Gasteiger charge is -2.04. The van der Waals surface area contributed by atoms with E-state index in [4.69, 9.17) is 5.11 Å². The lowest BCUT2D eigenvalue weighted by atomic mass is 10.2. The summed E-state index contributed by atoms with van der Waals surface area (Å²) >= 11 is 3.36. The van der Waals surface area contributed by atoms with Gasteiger partial charge in [0.25, 0.3) is 0 Å². The first kappa shape index (κ1) is 11.0. The summed E-state index contributed by atoms with van der Waals surface area (Å²) in [6.07, 6.45) is -0.150. The number of nitrogens with zero attached hydrogens (tertiary/aromatic N) is 2. The van der Waals surface area contributed by atoms with Crippen molar-refractivity contribution in [1.82, 2.24) is 9.97 Å². The van der Waals surface area contributed by atoms with Gasteiger partial charge in [-0.1, -0.05) is 15.9 Å². The maximum Gasteiger partial charge on any atom is 0.311 e. The Kier molecular flexibility index (Phi) is 2.87. The van der Waals surface area contributed by atoms with Crippen LogP contribution in [-0.2, 0) is 11.2 Å². The minimum absolute atomic E-state index is 0.150. The van der Waals surface area contributed by atoms with Crippen LogP contribution >= 0.6 is 15.9 Å². The Morgan fingerprint density at radius 3 is 2.88 bits per heavy atom. The number of aryl methyl sites for hydroxylation is 1. The summed E-state index contributed by atoms with van der Waals surface area (Å²) in [5, 5.41) is 9.64. The van der Waals surface area contributed by atoms with Crippen LogP contribution < -0.4 is 0 Å². The fourth-order valence-corrected chi connectivity index (χ4v) is 1.88. The molecule has 0 aliphatic rings. The molecule has 2 rings (SSSR count). The molecule has 1 aromatic carbocycles. The van der Waals surface area contributed by atoms with Crippen molar-refractivity contribution < 1.29 is 9.90 Å². The van der Waals surface area contributed by atoms with Crippen LogP contribution in [0.1, 0.15) is 11.5 Å². The Hall–Kier alpha value is -1.49. The van der Waals surface area contributed by atoms with E-state index < -0.39 is 5.97 Å². The molecule has 0 fully saturated rings. The third-order valence-electron chi connectivity index (χ3n) is 2.21. The van der Waals surface area contributed by atoms with Crippen LogP contribution in [0, 0.1) is 6.92 Å². The van der Waals surface area contributed by atoms with Gasteiger partial charge in [0.1, 0.15) is 12.2 Å². The predicted octanol–water partition coefficient (Wildman–Crippen LogP) is 2.33. The standard InChI is InChI=1S/C11H9BrN2O2/c1-6-8-3-2-7(12)4-9(8)14-10(13-6)5-11(15)16/h2-4H,5H2,1H3,(H,15,16). The molecule has 4 nitrogen and oxygen atoms in total. The third kappa shape index (κ3) is 2.19. The lowest BCUT2D eigenvalue weighted by molar-refractivity contribution is -0.136. The molecule has 82 valence electrons. The molecule has 1 aromatic heterocycles.